The number of carbonyl (C=O) groups is 1. The predicted octanol–water partition coefficient (Wildman–Crippen LogP) is 3.32. The Labute approximate surface area is 109 Å². The smallest absolute Gasteiger partial charge is 0.253 e. The van der Waals surface area contributed by atoms with Crippen molar-refractivity contribution in [3.05, 3.63) is 34.1 Å². The summed E-state index contributed by atoms with van der Waals surface area (Å²) in [5.41, 5.74) is 0.404. The van der Waals surface area contributed by atoms with Gasteiger partial charge in [0.25, 0.3) is 5.91 Å². The van der Waals surface area contributed by atoms with Crippen molar-refractivity contribution in [2.75, 3.05) is 13.6 Å². The van der Waals surface area contributed by atoms with Crippen molar-refractivity contribution in [3.63, 3.8) is 0 Å². The van der Waals surface area contributed by atoms with E-state index in [0.717, 1.165) is 6.54 Å². The van der Waals surface area contributed by atoms with E-state index >= 15 is 0 Å². The van der Waals surface area contributed by atoms with E-state index in [-0.39, 0.29) is 5.91 Å². The average molecular weight is 300 g/mol. The van der Waals surface area contributed by atoms with Gasteiger partial charge >= 0.3 is 0 Å². The zero-order chi connectivity index (χ0) is 12.6. The summed E-state index contributed by atoms with van der Waals surface area (Å²) in [6, 6.07) is 4.48. The first-order valence-electron chi connectivity index (χ1n) is 5.69. The zero-order valence-corrected chi connectivity index (χ0v) is 11.5. The third kappa shape index (κ3) is 2.86. The molecule has 1 aromatic carbocycles. The molecule has 0 spiro atoms. The van der Waals surface area contributed by atoms with Crippen molar-refractivity contribution in [2.24, 2.45) is 11.8 Å². The quantitative estimate of drug-likeness (QED) is 0.838. The molecule has 0 aliphatic heterocycles. The minimum Gasteiger partial charge on any atom is -0.341 e. The molecule has 1 saturated carbocycles. The van der Waals surface area contributed by atoms with E-state index in [0.29, 0.717) is 21.9 Å². The summed E-state index contributed by atoms with van der Waals surface area (Å²) < 4.78 is 13.7. The summed E-state index contributed by atoms with van der Waals surface area (Å²) in [5.74, 6) is 0.815. The maximum absolute atomic E-state index is 13.3. The average Bonchev–Trinajstić information content (AvgIpc) is 2.97. The molecular weight excluding hydrogens is 285 g/mol. The lowest BCUT2D eigenvalue weighted by molar-refractivity contribution is 0.0786. The van der Waals surface area contributed by atoms with Gasteiger partial charge in [-0.2, -0.15) is 0 Å². The maximum atomic E-state index is 13.3. The molecule has 4 heteroatoms. The van der Waals surface area contributed by atoms with Gasteiger partial charge in [-0.25, -0.2) is 4.39 Å². The molecule has 1 amide bonds. The molecule has 0 N–H and O–H groups in total. The number of benzene rings is 1. The number of amides is 1. The van der Waals surface area contributed by atoms with Crippen LogP contribution in [0.4, 0.5) is 4.39 Å². The van der Waals surface area contributed by atoms with Crippen molar-refractivity contribution in [3.8, 4) is 0 Å². The Hall–Kier alpha value is -0.900. The normalized spacial score (nSPS) is 22.4. The van der Waals surface area contributed by atoms with Crippen molar-refractivity contribution in [1.82, 2.24) is 4.90 Å². The minimum atomic E-state index is -0.399. The molecule has 0 aromatic heterocycles. The molecule has 1 fully saturated rings. The van der Waals surface area contributed by atoms with Crippen molar-refractivity contribution < 1.29 is 9.18 Å². The molecule has 0 radical (unpaired) electrons. The molecule has 0 heterocycles. The Morgan fingerprint density at radius 3 is 2.76 bits per heavy atom. The Morgan fingerprint density at radius 2 is 2.24 bits per heavy atom. The summed E-state index contributed by atoms with van der Waals surface area (Å²) in [4.78, 5) is 13.7. The Bertz CT molecular complexity index is 449. The molecule has 1 aliphatic carbocycles. The molecule has 92 valence electrons. The largest absolute Gasteiger partial charge is 0.341 e. The highest BCUT2D eigenvalue weighted by Gasteiger charge is 2.34. The third-order valence-corrected chi connectivity index (χ3v) is 3.94. The molecule has 1 aromatic rings. The van der Waals surface area contributed by atoms with Gasteiger partial charge in [0.15, 0.2) is 0 Å². The molecule has 2 rings (SSSR count). The molecule has 1 aliphatic rings. The standard InChI is InChI=1S/C13H15BrFNO/c1-8-5-10(8)7-16(2)13(17)9-3-4-11(14)12(15)6-9/h3-4,6,8,10H,5,7H2,1-2H3. The van der Waals surface area contributed by atoms with Crippen molar-refractivity contribution >= 4 is 21.8 Å². The lowest BCUT2D eigenvalue weighted by Gasteiger charge is -2.17. The van der Waals surface area contributed by atoms with Gasteiger partial charge in [-0.3, -0.25) is 4.79 Å². The fraction of sp³-hybridized carbons (Fsp3) is 0.462. The van der Waals surface area contributed by atoms with Gasteiger partial charge in [0.2, 0.25) is 0 Å². The number of carbonyl (C=O) groups excluding carboxylic acids is 1. The van der Waals surface area contributed by atoms with Gasteiger partial charge in [-0.1, -0.05) is 6.92 Å². The first kappa shape index (κ1) is 12.6. The SMILES string of the molecule is CC1CC1CN(C)C(=O)c1ccc(Br)c(F)c1. The van der Waals surface area contributed by atoms with Crippen LogP contribution in [0, 0.1) is 17.7 Å². The van der Waals surface area contributed by atoms with Crippen LogP contribution in [0.5, 0.6) is 0 Å². The zero-order valence-electron chi connectivity index (χ0n) is 9.91. The molecule has 17 heavy (non-hydrogen) atoms. The van der Waals surface area contributed by atoms with E-state index < -0.39 is 5.82 Å². The highest BCUT2D eigenvalue weighted by Crippen LogP contribution is 2.38. The van der Waals surface area contributed by atoms with Crippen LogP contribution in [-0.4, -0.2) is 24.4 Å². The van der Waals surface area contributed by atoms with E-state index in [2.05, 4.69) is 22.9 Å². The Kier molecular flexibility index (Phi) is 3.52. The lowest BCUT2D eigenvalue weighted by Crippen LogP contribution is -2.29. The van der Waals surface area contributed by atoms with Crippen LogP contribution in [0.3, 0.4) is 0 Å². The molecule has 2 unspecified atom stereocenters. The number of hydrogen-bond donors (Lipinski definition) is 0. The number of halogens is 2. The van der Waals surface area contributed by atoms with Crippen LogP contribution in [-0.2, 0) is 0 Å². The minimum absolute atomic E-state index is 0.115. The number of nitrogens with zero attached hydrogens (tertiary/aromatic N) is 1. The molecule has 2 atom stereocenters. The second kappa shape index (κ2) is 4.77. The van der Waals surface area contributed by atoms with E-state index in [1.165, 1.54) is 12.5 Å². The number of hydrogen-bond acceptors (Lipinski definition) is 1. The second-order valence-corrected chi connectivity index (χ2v) is 5.64. The van der Waals surface area contributed by atoms with E-state index in [1.807, 2.05) is 0 Å². The van der Waals surface area contributed by atoms with Crippen LogP contribution in [0.2, 0.25) is 0 Å². The highest BCUT2D eigenvalue weighted by molar-refractivity contribution is 9.10. The van der Waals surface area contributed by atoms with E-state index in [1.54, 1.807) is 24.1 Å². The summed E-state index contributed by atoms with van der Waals surface area (Å²) >= 11 is 3.07. The third-order valence-electron chi connectivity index (χ3n) is 3.30. The van der Waals surface area contributed by atoms with Crippen LogP contribution in [0.25, 0.3) is 0 Å². The van der Waals surface area contributed by atoms with Crippen LogP contribution >= 0.6 is 15.9 Å². The number of rotatable bonds is 3. The van der Waals surface area contributed by atoms with Crippen LogP contribution in [0.15, 0.2) is 22.7 Å². The van der Waals surface area contributed by atoms with Gasteiger partial charge in [-0.15, -0.1) is 0 Å². The van der Waals surface area contributed by atoms with Crippen LogP contribution < -0.4 is 0 Å². The Morgan fingerprint density at radius 1 is 1.59 bits per heavy atom. The first-order valence-corrected chi connectivity index (χ1v) is 6.49. The molecule has 0 bridgehead atoms. The van der Waals surface area contributed by atoms with Gasteiger partial charge in [0.1, 0.15) is 5.82 Å². The highest BCUT2D eigenvalue weighted by atomic mass is 79.9. The van der Waals surface area contributed by atoms with E-state index in [9.17, 15) is 9.18 Å². The van der Waals surface area contributed by atoms with Gasteiger partial charge in [-0.05, 0) is 52.4 Å². The van der Waals surface area contributed by atoms with Crippen molar-refractivity contribution in [1.29, 1.82) is 0 Å². The molecule has 0 saturated heterocycles. The van der Waals surface area contributed by atoms with Gasteiger partial charge in [0.05, 0.1) is 4.47 Å². The first-order chi connectivity index (χ1) is 7.99. The monoisotopic (exact) mass is 299 g/mol. The second-order valence-electron chi connectivity index (χ2n) is 4.79. The maximum Gasteiger partial charge on any atom is 0.253 e. The van der Waals surface area contributed by atoms with Crippen LogP contribution in [0.1, 0.15) is 23.7 Å². The Balaban J connectivity index is 2.05. The predicted molar refractivity (Wildman–Crippen MR) is 68.3 cm³/mol. The lowest BCUT2D eigenvalue weighted by atomic mass is 10.2. The van der Waals surface area contributed by atoms with Gasteiger partial charge in [0, 0.05) is 19.2 Å². The fourth-order valence-electron chi connectivity index (χ4n) is 1.94. The van der Waals surface area contributed by atoms with Gasteiger partial charge < -0.3 is 4.90 Å². The van der Waals surface area contributed by atoms with E-state index in [4.69, 9.17) is 0 Å². The molecule has 2 nitrogen and oxygen atoms in total. The fourth-order valence-corrected chi connectivity index (χ4v) is 2.18. The summed E-state index contributed by atoms with van der Waals surface area (Å²) in [6.07, 6.45) is 1.19. The topological polar surface area (TPSA) is 20.3 Å². The molecular formula is C13H15BrFNO. The van der Waals surface area contributed by atoms with Crippen molar-refractivity contribution in [2.45, 2.75) is 13.3 Å². The summed E-state index contributed by atoms with van der Waals surface area (Å²) in [5, 5.41) is 0. The summed E-state index contributed by atoms with van der Waals surface area (Å²) in [6.45, 7) is 2.94. The summed E-state index contributed by atoms with van der Waals surface area (Å²) in [7, 11) is 1.77.